The Bertz CT molecular complexity index is 2100. The third-order valence-corrected chi connectivity index (χ3v) is 11.5. The summed E-state index contributed by atoms with van der Waals surface area (Å²) < 4.78 is 8.49. The Kier molecular flexibility index (Phi) is 9.34. The van der Waals surface area contributed by atoms with Gasteiger partial charge in [-0.25, -0.2) is 0 Å². The van der Waals surface area contributed by atoms with E-state index in [0.29, 0.717) is 29.8 Å². The van der Waals surface area contributed by atoms with Gasteiger partial charge in [0.05, 0.1) is 5.82 Å². The standard InChI is InChI=1S/C23H24N2O.C21H23N2.Ir/c1-23(2)14-7-5-11-18-20(14)21-16(9-6-12-19(21)26-18)25-13-24(3)17-10-4-8-15(23)22(17)25;1-15(2)18-11-8-12-19(16(3)4)20(18)23-14-13-22-21(23)17-9-6-5-7-10-17;/h5-7,11-13,15,17,22H,4,8,10H2,1-3H3;5-9,11-16H,1-4H3;/q-2;-1;+3. The minimum atomic E-state index is 0. The van der Waals surface area contributed by atoms with Crippen LogP contribution in [0, 0.1) is 24.7 Å². The van der Waals surface area contributed by atoms with Gasteiger partial charge in [0.15, 0.2) is 0 Å². The maximum absolute atomic E-state index is 6.27. The van der Waals surface area contributed by atoms with Gasteiger partial charge in [-0.2, -0.15) is 18.8 Å². The van der Waals surface area contributed by atoms with E-state index in [1.807, 2.05) is 30.5 Å². The second kappa shape index (κ2) is 13.4. The molecule has 258 valence electrons. The first-order chi connectivity index (χ1) is 23.7. The van der Waals surface area contributed by atoms with Crippen molar-refractivity contribution in [3.8, 4) is 17.1 Å². The number of aromatic nitrogens is 2. The number of nitrogens with zero attached hydrogens (tertiary/aromatic N) is 4. The SMILES string of the molecule is CC(C)c1cccc(C(C)C)c1-n1ccnc1-c1[c-]cccc1.CN1[CH-]N2c3[c-]ccc4oc5cccc(c5c34)C(C)(C)C3CCCC1C32.[Ir+3]. The zero-order valence-corrected chi connectivity index (χ0v) is 32.6. The van der Waals surface area contributed by atoms with Crippen LogP contribution in [0.3, 0.4) is 0 Å². The van der Waals surface area contributed by atoms with E-state index < -0.39 is 0 Å². The smallest absolute Gasteiger partial charge is 0.524 e. The molecule has 0 spiro atoms. The summed E-state index contributed by atoms with van der Waals surface area (Å²) in [5.41, 5.74) is 9.70. The predicted molar refractivity (Wildman–Crippen MR) is 201 cm³/mol. The van der Waals surface area contributed by atoms with E-state index >= 15 is 0 Å². The number of fused-ring (bicyclic) bond motifs is 1. The van der Waals surface area contributed by atoms with Crippen LogP contribution in [0.5, 0.6) is 0 Å². The molecular weight excluding hydrogens is 793 g/mol. The Morgan fingerprint density at radius 3 is 2.32 bits per heavy atom. The predicted octanol–water partition coefficient (Wildman–Crippen LogP) is 10.7. The number of imidazole rings is 1. The normalized spacial score (nSPS) is 20.8. The van der Waals surface area contributed by atoms with E-state index in [-0.39, 0.29) is 25.5 Å². The van der Waals surface area contributed by atoms with E-state index in [1.165, 1.54) is 58.1 Å². The van der Waals surface area contributed by atoms with Crippen LogP contribution >= 0.6 is 0 Å². The molecule has 0 N–H and O–H groups in total. The fourth-order valence-corrected chi connectivity index (χ4v) is 9.07. The van der Waals surface area contributed by atoms with Gasteiger partial charge < -0.3 is 18.8 Å². The Labute approximate surface area is 311 Å². The third kappa shape index (κ3) is 5.55. The molecule has 6 heteroatoms. The van der Waals surface area contributed by atoms with Crippen LogP contribution in [0.4, 0.5) is 5.69 Å². The summed E-state index contributed by atoms with van der Waals surface area (Å²) in [6.07, 6.45) is 7.80. The molecule has 4 heterocycles. The van der Waals surface area contributed by atoms with Crippen LogP contribution in [0.2, 0.25) is 0 Å². The number of benzene rings is 4. The van der Waals surface area contributed by atoms with Crippen molar-refractivity contribution in [2.45, 2.75) is 90.1 Å². The zero-order valence-electron chi connectivity index (χ0n) is 30.2. The first kappa shape index (κ1) is 34.7. The van der Waals surface area contributed by atoms with E-state index in [1.54, 1.807) is 0 Å². The van der Waals surface area contributed by atoms with Crippen LogP contribution in [-0.2, 0) is 25.5 Å². The Balaban J connectivity index is 0.000000155. The first-order valence-electron chi connectivity index (χ1n) is 18.0. The van der Waals surface area contributed by atoms with Crippen LogP contribution < -0.4 is 4.90 Å². The van der Waals surface area contributed by atoms with E-state index in [2.05, 4.69) is 141 Å². The summed E-state index contributed by atoms with van der Waals surface area (Å²) in [5.74, 6) is 2.47. The summed E-state index contributed by atoms with van der Waals surface area (Å²) in [4.78, 5) is 9.55. The average molecular weight is 840 g/mol. The van der Waals surface area contributed by atoms with Crippen molar-refractivity contribution in [1.82, 2.24) is 14.5 Å². The third-order valence-electron chi connectivity index (χ3n) is 11.5. The topological polar surface area (TPSA) is 37.4 Å². The van der Waals surface area contributed by atoms with Crippen molar-refractivity contribution in [1.29, 1.82) is 0 Å². The van der Waals surface area contributed by atoms with Crippen LogP contribution in [0.1, 0.15) is 89.3 Å². The molecule has 3 atom stereocenters. The largest absolute Gasteiger partial charge is 3.00 e. The molecule has 4 aromatic carbocycles. The maximum Gasteiger partial charge on any atom is 3.00 e. The number of likely N-dealkylation sites (N-methyl/N-ethyl adjacent to an activating group) is 1. The Morgan fingerprint density at radius 1 is 0.860 bits per heavy atom. The molecule has 1 saturated carbocycles. The molecule has 1 aliphatic carbocycles. The molecule has 2 aromatic heterocycles. The summed E-state index contributed by atoms with van der Waals surface area (Å²) in [5, 5.41) is 2.53. The molecule has 0 radical (unpaired) electrons. The number of furan rings is 1. The number of rotatable bonds is 4. The van der Waals surface area contributed by atoms with Gasteiger partial charge in [0.1, 0.15) is 5.58 Å². The number of anilines is 1. The van der Waals surface area contributed by atoms with Crippen molar-refractivity contribution in [3.63, 3.8) is 0 Å². The van der Waals surface area contributed by atoms with Gasteiger partial charge in [0.2, 0.25) is 0 Å². The second-order valence-corrected chi connectivity index (χ2v) is 15.3. The number of hydrogen-bond acceptors (Lipinski definition) is 4. The minimum absolute atomic E-state index is 0. The van der Waals surface area contributed by atoms with Crippen molar-refractivity contribution in [3.05, 3.63) is 121 Å². The molecule has 3 aliphatic rings. The van der Waals surface area contributed by atoms with Gasteiger partial charge in [-0.05, 0) is 71.2 Å². The molecular formula is C44H47IrN4O. The van der Waals surface area contributed by atoms with Crippen molar-refractivity contribution >= 4 is 27.6 Å². The molecule has 2 fully saturated rings. The van der Waals surface area contributed by atoms with Gasteiger partial charge >= 0.3 is 20.1 Å². The van der Waals surface area contributed by atoms with Gasteiger partial charge in [0.25, 0.3) is 0 Å². The van der Waals surface area contributed by atoms with E-state index in [4.69, 9.17) is 4.42 Å². The molecule has 0 amide bonds. The van der Waals surface area contributed by atoms with Crippen LogP contribution in [-0.4, -0.2) is 33.6 Å². The van der Waals surface area contributed by atoms with Crippen LogP contribution in [0.25, 0.3) is 39.0 Å². The fourth-order valence-electron chi connectivity index (χ4n) is 9.07. The maximum atomic E-state index is 6.27. The molecule has 6 aromatic rings. The number of para-hydroxylation sites is 1. The fraction of sp³-hybridized carbons (Fsp3) is 0.364. The summed E-state index contributed by atoms with van der Waals surface area (Å²) in [6, 6.07) is 33.3. The van der Waals surface area contributed by atoms with Crippen molar-refractivity contribution in [2.75, 3.05) is 11.9 Å². The summed E-state index contributed by atoms with van der Waals surface area (Å²) >= 11 is 0. The first-order valence-corrected chi connectivity index (χ1v) is 18.0. The zero-order chi connectivity index (χ0) is 34.0. The summed E-state index contributed by atoms with van der Waals surface area (Å²) in [6.45, 7) is 16.2. The van der Waals surface area contributed by atoms with Crippen molar-refractivity contribution in [2.24, 2.45) is 5.92 Å². The van der Waals surface area contributed by atoms with Gasteiger partial charge in [0, 0.05) is 35.7 Å². The van der Waals surface area contributed by atoms with E-state index in [9.17, 15) is 0 Å². The molecule has 50 heavy (non-hydrogen) atoms. The Hall–Kier alpha value is -3.70. The molecule has 9 rings (SSSR count). The molecule has 3 unspecified atom stereocenters. The van der Waals surface area contributed by atoms with Crippen LogP contribution in [0.15, 0.2) is 89.6 Å². The molecule has 0 bridgehead atoms. The molecule has 2 aliphatic heterocycles. The summed E-state index contributed by atoms with van der Waals surface area (Å²) in [7, 11) is 2.24. The quantitative estimate of drug-likeness (QED) is 0.166. The Morgan fingerprint density at radius 2 is 1.60 bits per heavy atom. The molecule has 5 nitrogen and oxygen atoms in total. The average Bonchev–Trinajstić information content (AvgIpc) is 3.83. The van der Waals surface area contributed by atoms with Gasteiger partial charge in [-0.3, -0.25) is 4.98 Å². The second-order valence-electron chi connectivity index (χ2n) is 15.3. The monoisotopic (exact) mass is 840 g/mol. The molecule has 1 saturated heterocycles. The van der Waals surface area contributed by atoms with Gasteiger partial charge in [-0.1, -0.05) is 89.4 Å². The van der Waals surface area contributed by atoms with Crippen molar-refractivity contribution < 1.29 is 24.5 Å². The number of hydrogen-bond donors (Lipinski definition) is 0. The minimum Gasteiger partial charge on any atom is -0.524 e. The van der Waals surface area contributed by atoms with E-state index in [0.717, 1.165) is 22.6 Å². The van der Waals surface area contributed by atoms with Gasteiger partial charge in [-0.15, -0.1) is 42.0 Å².